The van der Waals surface area contributed by atoms with E-state index in [1.165, 1.54) is 0 Å². The van der Waals surface area contributed by atoms with E-state index in [9.17, 15) is 5.11 Å². The van der Waals surface area contributed by atoms with Crippen molar-refractivity contribution < 1.29 is 5.11 Å². The first-order chi connectivity index (χ1) is 5.38. The quantitative estimate of drug-likeness (QED) is 0.627. The van der Waals surface area contributed by atoms with Gasteiger partial charge in [-0.3, -0.25) is 4.98 Å². The van der Waals surface area contributed by atoms with Gasteiger partial charge in [-0.2, -0.15) is 0 Å². The molecule has 0 amide bonds. The number of benzene rings is 1. The topological polar surface area (TPSA) is 33.1 Å². The summed E-state index contributed by atoms with van der Waals surface area (Å²) in [5, 5.41) is 10.3. The summed E-state index contributed by atoms with van der Waals surface area (Å²) in [5.41, 5.74) is 0.662. The Morgan fingerprint density at radius 3 is 2.58 bits per heavy atom. The van der Waals surface area contributed by atoms with Crippen molar-refractivity contribution in [3.8, 4) is 5.75 Å². The molecule has 56 valence electrons. The first-order valence-corrected chi connectivity index (χ1v) is 3.40. The van der Waals surface area contributed by atoms with Crippen LogP contribution in [0.15, 0.2) is 36.5 Å². The van der Waals surface area contributed by atoms with Gasteiger partial charge in [0.25, 0.3) is 0 Å². The molecule has 0 unspecified atom stereocenters. The third-order valence-corrected chi connectivity index (χ3v) is 1.61. The van der Waals surface area contributed by atoms with Crippen LogP contribution in [-0.2, 0) is 0 Å². The van der Waals surface area contributed by atoms with E-state index in [0.717, 1.165) is 5.39 Å². The average Bonchev–Trinajstić information content (AvgIpc) is 2.06. The van der Waals surface area contributed by atoms with Crippen LogP contribution in [0.3, 0.4) is 0 Å². The summed E-state index contributed by atoms with van der Waals surface area (Å²) in [6, 6.07) is 9.13. The number of aromatic nitrogens is 1. The van der Waals surface area contributed by atoms with E-state index < -0.39 is 0 Å². The fourth-order valence-electron chi connectivity index (χ4n) is 1.09. The summed E-state index contributed by atoms with van der Waals surface area (Å²) in [4.78, 5) is 4.03. The summed E-state index contributed by atoms with van der Waals surface area (Å²) >= 11 is 0. The van der Waals surface area contributed by atoms with Crippen LogP contribution in [0.25, 0.3) is 10.9 Å². The minimum absolute atomic E-state index is 0. The van der Waals surface area contributed by atoms with Crippen LogP contribution in [0.1, 0.15) is 0 Å². The Kier molecular flexibility index (Phi) is 3.67. The van der Waals surface area contributed by atoms with Crippen LogP contribution in [0, 0.1) is 0 Å². The molecular weight excluding hydrogens is 177 g/mol. The van der Waals surface area contributed by atoms with E-state index in [-0.39, 0.29) is 57.1 Å². The fraction of sp³-hybridized carbons (Fsp3) is 0. The summed E-state index contributed by atoms with van der Waals surface area (Å²) in [5.74, 6) is 0.239. The molecule has 0 radical (unpaired) electrons. The molecule has 0 bridgehead atoms. The normalized spacial score (nSPS) is 9.33. The summed E-state index contributed by atoms with van der Waals surface area (Å²) in [6.45, 7) is 0. The van der Waals surface area contributed by atoms with E-state index in [4.69, 9.17) is 0 Å². The molecule has 1 N–H and O–H groups in total. The van der Waals surface area contributed by atoms with Crippen molar-refractivity contribution in [3.05, 3.63) is 36.5 Å². The van der Waals surface area contributed by atoms with Gasteiger partial charge in [-0.15, -0.1) is 0 Å². The second kappa shape index (κ2) is 4.34. The van der Waals surface area contributed by atoms with E-state index in [1.54, 1.807) is 18.3 Å². The number of aromatic hydroxyl groups is 1. The number of pyridine rings is 1. The molecular formula is C9H8KNO. The summed E-state index contributed by atoms with van der Waals surface area (Å²) in [6.07, 6.45) is 1.67. The first kappa shape index (κ1) is 10.1. The molecule has 0 fully saturated rings. The van der Waals surface area contributed by atoms with Crippen LogP contribution in [0.4, 0.5) is 0 Å². The van der Waals surface area contributed by atoms with Gasteiger partial charge in [-0.1, -0.05) is 18.2 Å². The van der Waals surface area contributed by atoms with Gasteiger partial charge in [0, 0.05) is 11.6 Å². The summed E-state index contributed by atoms with van der Waals surface area (Å²) in [7, 11) is 0. The molecule has 0 saturated carbocycles. The monoisotopic (exact) mass is 185 g/mol. The molecule has 1 aromatic heterocycles. The van der Waals surface area contributed by atoms with Gasteiger partial charge >= 0.3 is 51.4 Å². The second-order valence-corrected chi connectivity index (χ2v) is 2.35. The second-order valence-electron chi connectivity index (χ2n) is 2.35. The van der Waals surface area contributed by atoms with Crippen molar-refractivity contribution in [2.75, 3.05) is 0 Å². The molecule has 2 nitrogen and oxygen atoms in total. The molecule has 2 rings (SSSR count). The van der Waals surface area contributed by atoms with Gasteiger partial charge in [0.15, 0.2) is 0 Å². The predicted octanol–water partition coefficient (Wildman–Crippen LogP) is 1.29. The molecule has 0 saturated heterocycles. The fourth-order valence-corrected chi connectivity index (χ4v) is 1.09. The number of phenols is 1. The number of fused-ring (bicyclic) bond motifs is 1. The van der Waals surface area contributed by atoms with Crippen LogP contribution in [0.2, 0.25) is 0 Å². The van der Waals surface area contributed by atoms with E-state index in [1.807, 2.05) is 18.2 Å². The van der Waals surface area contributed by atoms with Crippen LogP contribution in [-0.4, -0.2) is 61.5 Å². The molecule has 0 aliphatic heterocycles. The maximum atomic E-state index is 9.31. The number of hydrogen-bond donors (Lipinski definition) is 1. The number of para-hydroxylation sites is 1. The Bertz CT molecular complexity index is 384. The number of rotatable bonds is 0. The standard InChI is InChI=1S/C9H7NO.K.H/c11-8-5-1-3-7-4-2-6-10-9(7)8;;/h1-6,11H;;. The molecule has 1 heterocycles. The Morgan fingerprint density at radius 1 is 1.08 bits per heavy atom. The average molecular weight is 185 g/mol. The Morgan fingerprint density at radius 2 is 1.83 bits per heavy atom. The number of hydrogen-bond acceptors (Lipinski definition) is 2. The molecule has 0 atom stereocenters. The van der Waals surface area contributed by atoms with Gasteiger partial charge in [0.05, 0.1) is 0 Å². The van der Waals surface area contributed by atoms with Crippen molar-refractivity contribution in [2.45, 2.75) is 0 Å². The molecule has 2 aromatic rings. The van der Waals surface area contributed by atoms with Gasteiger partial charge in [0.1, 0.15) is 11.3 Å². The van der Waals surface area contributed by atoms with Crippen molar-refractivity contribution in [1.82, 2.24) is 4.98 Å². The van der Waals surface area contributed by atoms with Crippen LogP contribution >= 0.6 is 0 Å². The SMILES string of the molecule is Oc1cccc2cccnc12.[KH]. The van der Waals surface area contributed by atoms with Gasteiger partial charge in [0.2, 0.25) is 0 Å². The Balaban J connectivity index is 0.000000720. The predicted molar refractivity (Wildman–Crippen MR) is 50.6 cm³/mol. The molecule has 0 aliphatic carbocycles. The maximum absolute atomic E-state index is 9.31. The van der Waals surface area contributed by atoms with Crippen LogP contribution < -0.4 is 0 Å². The number of nitrogens with zero attached hydrogens (tertiary/aromatic N) is 1. The molecule has 1 aromatic carbocycles. The minimum atomic E-state index is 0. The van der Waals surface area contributed by atoms with E-state index in [2.05, 4.69) is 4.98 Å². The van der Waals surface area contributed by atoms with E-state index in [0.29, 0.717) is 5.52 Å². The van der Waals surface area contributed by atoms with Crippen molar-refractivity contribution in [3.63, 3.8) is 0 Å². The molecule has 0 spiro atoms. The number of phenolic OH excluding ortho intramolecular Hbond substituents is 1. The zero-order valence-corrected chi connectivity index (χ0v) is 5.86. The third kappa shape index (κ3) is 1.86. The van der Waals surface area contributed by atoms with Crippen molar-refractivity contribution in [2.24, 2.45) is 0 Å². The Hall–Kier alpha value is 0.0664. The molecule has 0 aliphatic rings. The van der Waals surface area contributed by atoms with Crippen LogP contribution in [0.5, 0.6) is 5.75 Å². The molecule has 3 heteroatoms. The Labute approximate surface area is 113 Å². The van der Waals surface area contributed by atoms with Gasteiger partial charge in [-0.25, -0.2) is 0 Å². The zero-order valence-electron chi connectivity index (χ0n) is 5.86. The van der Waals surface area contributed by atoms with E-state index >= 15 is 0 Å². The van der Waals surface area contributed by atoms with Crippen molar-refractivity contribution in [1.29, 1.82) is 0 Å². The molecule has 12 heavy (non-hydrogen) atoms. The first-order valence-electron chi connectivity index (χ1n) is 3.40. The van der Waals surface area contributed by atoms with Gasteiger partial charge < -0.3 is 5.11 Å². The summed E-state index contributed by atoms with van der Waals surface area (Å²) < 4.78 is 0. The third-order valence-electron chi connectivity index (χ3n) is 1.61. The van der Waals surface area contributed by atoms with Crippen molar-refractivity contribution >= 4 is 62.3 Å². The van der Waals surface area contributed by atoms with Gasteiger partial charge in [-0.05, 0) is 12.1 Å². The zero-order chi connectivity index (χ0) is 7.68.